The number of benzene rings is 1. The average molecular weight is 335 g/mol. The fourth-order valence-corrected chi connectivity index (χ4v) is 4.51. The van der Waals surface area contributed by atoms with Crippen molar-refractivity contribution in [1.29, 1.82) is 5.26 Å². The van der Waals surface area contributed by atoms with Crippen LogP contribution in [-0.2, 0) is 6.54 Å². The van der Waals surface area contributed by atoms with Gasteiger partial charge in [0.15, 0.2) is 5.82 Å². The zero-order chi connectivity index (χ0) is 16.8. The maximum Gasteiger partial charge on any atom is 0.152 e. The molecular weight excluding hydrogens is 318 g/mol. The number of nitriles is 1. The Morgan fingerprint density at radius 2 is 1.96 bits per heavy atom. The zero-order valence-corrected chi connectivity index (χ0v) is 14.6. The lowest BCUT2D eigenvalue weighted by Gasteiger charge is -2.18. The van der Waals surface area contributed by atoms with Gasteiger partial charge in [0.2, 0.25) is 0 Å². The van der Waals surface area contributed by atoms with Crippen molar-refractivity contribution in [2.24, 2.45) is 0 Å². The predicted molar refractivity (Wildman–Crippen MR) is 93.3 cm³/mol. The number of nitrogens with one attached hydrogen (secondary N) is 1. The molecule has 5 nitrogen and oxygen atoms in total. The third-order valence-electron chi connectivity index (χ3n) is 4.63. The number of rotatable bonds is 1. The molecule has 2 aromatic heterocycles. The number of aromatic nitrogens is 3. The van der Waals surface area contributed by atoms with Crippen molar-refractivity contribution in [2.75, 3.05) is 0 Å². The summed E-state index contributed by atoms with van der Waals surface area (Å²) in [6.45, 7) is 6.98. The first-order chi connectivity index (χ1) is 11.6. The number of thiophene rings is 1. The molecule has 0 aliphatic carbocycles. The number of nitrogens with zero attached hydrogens (tertiary/aromatic N) is 4. The van der Waals surface area contributed by atoms with Gasteiger partial charge in [-0.05, 0) is 44.0 Å². The lowest BCUT2D eigenvalue weighted by Crippen LogP contribution is -2.21. The molecular formula is C18H17N5S. The number of hydrogen-bond acceptors (Lipinski definition) is 5. The van der Waals surface area contributed by atoms with E-state index in [0.29, 0.717) is 12.1 Å². The molecule has 1 aliphatic rings. The minimum Gasteiger partial charge on any atom is -0.299 e. The summed E-state index contributed by atoms with van der Waals surface area (Å²) < 4.78 is 2.16. The van der Waals surface area contributed by atoms with Crippen LogP contribution in [0.4, 0.5) is 0 Å². The summed E-state index contributed by atoms with van der Waals surface area (Å²) in [7, 11) is 0. The van der Waals surface area contributed by atoms with Crippen LogP contribution in [-0.4, -0.2) is 14.8 Å². The van der Waals surface area contributed by atoms with Crippen molar-refractivity contribution in [1.82, 2.24) is 20.1 Å². The molecule has 1 aromatic carbocycles. The van der Waals surface area contributed by atoms with Gasteiger partial charge in [-0.3, -0.25) is 9.88 Å². The summed E-state index contributed by atoms with van der Waals surface area (Å²) in [5.74, 6) is 1.85. The molecule has 120 valence electrons. The lowest BCUT2D eigenvalue weighted by atomic mass is 9.96. The number of aryl methyl sites for hydroxylation is 2. The van der Waals surface area contributed by atoms with Crippen molar-refractivity contribution in [3.8, 4) is 11.1 Å². The van der Waals surface area contributed by atoms with Gasteiger partial charge in [-0.2, -0.15) is 5.26 Å². The van der Waals surface area contributed by atoms with Crippen LogP contribution < -0.4 is 5.32 Å². The highest BCUT2D eigenvalue weighted by Crippen LogP contribution is 2.40. The fourth-order valence-electron chi connectivity index (χ4n) is 3.25. The summed E-state index contributed by atoms with van der Waals surface area (Å²) in [5, 5.41) is 22.4. The minimum absolute atomic E-state index is 0.0822. The first kappa shape index (κ1) is 15.1. The normalized spacial score (nSPS) is 16.2. The van der Waals surface area contributed by atoms with Gasteiger partial charge in [-0.1, -0.05) is 12.1 Å². The topological polar surface area (TPSA) is 66.5 Å². The van der Waals surface area contributed by atoms with Gasteiger partial charge in [-0.15, -0.1) is 21.5 Å². The highest BCUT2D eigenvalue weighted by Gasteiger charge is 2.29. The second kappa shape index (κ2) is 5.55. The van der Waals surface area contributed by atoms with E-state index in [9.17, 15) is 0 Å². The molecule has 0 amide bonds. The molecule has 1 atom stereocenters. The standard InChI is InChI=1S/C18H17N5S/c1-10-11(2)24-18-16(10)17(14-6-4-13(8-19)5-7-14)20-9-15-22-21-12(3)23(15)18/h4-7,17,20H,9H2,1-3H3. The maximum absolute atomic E-state index is 9.03. The summed E-state index contributed by atoms with van der Waals surface area (Å²) in [6, 6.07) is 10.1. The number of hydrogen-bond donors (Lipinski definition) is 1. The van der Waals surface area contributed by atoms with Crippen molar-refractivity contribution in [2.45, 2.75) is 33.4 Å². The van der Waals surface area contributed by atoms with Crippen LogP contribution in [0, 0.1) is 32.1 Å². The number of fused-ring (bicyclic) bond motifs is 3. The van der Waals surface area contributed by atoms with Gasteiger partial charge in [0.1, 0.15) is 10.8 Å². The largest absolute Gasteiger partial charge is 0.299 e. The fraction of sp³-hybridized carbons (Fsp3) is 0.278. The van der Waals surface area contributed by atoms with E-state index in [1.165, 1.54) is 21.0 Å². The van der Waals surface area contributed by atoms with Crippen LogP contribution in [0.1, 0.15) is 44.8 Å². The highest BCUT2D eigenvalue weighted by atomic mass is 32.1. The molecule has 3 heterocycles. The van der Waals surface area contributed by atoms with Crippen LogP contribution in [0.5, 0.6) is 0 Å². The summed E-state index contributed by atoms with van der Waals surface area (Å²) in [5.41, 5.74) is 4.42. The van der Waals surface area contributed by atoms with Crippen LogP contribution in [0.2, 0.25) is 0 Å². The molecule has 24 heavy (non-hydrogen) atoms. The van der Waals surface area contributed by atoms with Crippen molar-refractivity contribution >= 4 is 11.3 Å². The van der Waals surface area contributed by atoms with E-state index in [1.807, 2.05) is 31.2 Å². The Hall–Kier alpha value is -2.49. The third-order valence-corrected chi connectivity index (χ3v) is 5.84. The molecule has 0 fully saturated rings. The lowest BCUT2D eigenvalue weighted by molar-refractivity contribution is 0.596. The molecule has 0 bridgehead atoms. The maximum atomic E-state index is 9.03. The smallest absolute Gasteiger partial charge is 0.152 e. The Labute approximate surface area is 144 Å². The Morgan fingerprint density at radius 3 is 2.67 bits per heavy atom. The Morgan fingerprint density at radius 1 is 1.21 bits per heavy atom. The Balaban J connectivity index is 1.92. The van der Waals surface area contributed by atoms with E-state index in [-0.39, 0.29) is 6.04 Å². The monoisotopic (exact) mass is 335 g/mol. The van der Waals surface area contributed by atoms with Gasteiger partial charge in [0.05, 0.1) is 24.2 Å². The van der Waals surface area contributed by atoms with Crippen molar-refractivity contribution in [3.05, 3.63) is 63.0 Å². The molecule has 6 heteroatoms. The molecule has 1 aliphatic heterocycles. The molecule has 0 spiro atoms. The quantitative estimate of drug-likeness (QED) is 0.741. The van der Waals surface area contributed by atoms with Gasteiger partial charge in [0, 0.05) is 10.4 Å². The molecule has 0 saturated heterocycles. The highest BCUT2D eigenvalue weighted by molar-refractivity contribution is 7.14. The molecule has 1 unspecified atom stereocenters. The Bertz CT molecular complexity index is 959. The molecule has 0 saturated carbocycles. The van der Waals surface area contributed by atoms with E-state index in [2.05, 4.69) is 40.0 Å². The third kappa shape index (κ3) is 2.17. The van der Waals surface area contributed by atoms with Gasteiger partial charge in [-0.25, -0.2) is 0 Å². The second-order valence-electron chi connectivity index (χ2n) is 6.05. The minimum atomic E-state index is 0.0822. The van der Waals surface area contributed by atoms with Crippen LogP contribution in [0.25, 0.3) is 5.00 Å². The van der Waals surface area contributed by atoms with E-state index in [4.69, 9.17) is 5.26 Å². The average Bonchev–Trinajstić information content (AvgIpc) is 3.03. The zero-order valence-electron chi connectivity index (χ0n) is 13.8. The van der Waals surface area contributed by atoms with Gasteiger partial charge >= 0.3 is 0 Å². The van der Waals surface area contributed by atoms with Crippen LogP contribution in [0.15, 0.2) is 24.3 Å². The van der Waals surface area contributed by atoms with Crippen LogP contribution in [0.3, 0.4) is 0 Å². The summed E-state index contributed by atoms with van der Waals surface area (Å²) in [4.78, 5) is 1.31. The molecule has 1 N–H and O–H groups in total. The van der Waals surface area contributed by atoms with Crippen LogP contribution >= 0.6 is 11.3 Å². The second-order valence-corrected chi connectivity index (χ2v) is 7.25. The molecule has 3 aromatic rings. The van der Waals surface area contributed by atoms with E-state index in [1.54, 1.807) is 11.3 Å². The molecule has 0 radical (unpaired) electrons. The van der Waals surface area contributed by atoms with Crippen molar-refractivity contribution in [3.63, 3.8) is 0 Å². The Kier molecular flexibility index (Phi) is 3.48. The SMILES string of the molecule is Cc1sc2c(c1C)C(c1ccc(C#N)cc1)NCc1nnc(C)n1-2. The summed E-state index contributed by atoms with van der Waals surface area (Å²) >= 11 is 1.79. The van der Waals surface area contributed by atoms with E-state index >= 15 is 0 Å². The van der Waals surface area contributed by atoms with E-state index < -0.39 is 0 Å². The van der Waals surface area contributed by atoms with E-state index in [0.717, 1.165) is 17.2 Å². The molecule has 4 rings (SSSR count). The summed E-state index contributed by atoms with van der Waals surface area (Å²) in [6.07, 6.45) is 0. The van der Waals surface area contributed by atoms with Crippen molar-refractivity contribution < 1.29 is 0 Å². The first-order valence-electron chi connectivity index (χ1n) is 7.84. The van der Waals surface area contributed by atoms with Gasteiger partial charge in [0.25, 0.3) is 0 Å². The predicted octanol–water partition coefficient (Wildman–Crippen LogP) is 3.32. The van der Waals surface area contributed by atoms with Gasteiger partial charge < -0.3 is 0 Å². The first-order valence-corrected chi connectivity index (χ1v) is 8.66.